The van der Waals surface area contributed by atoms with Crippen LogP contribution in [0.15, 0.2) is 24.3 Å². The van der Waals surface area contributed by atoms with Crippen molar-refractivity contribution in [2.75, 3.05) is 12.8 Å². The molecule has 1 rings (SSSR count). The summed E-state index contributed by atoms with van der Waals surface area (Å²) < 4.78 is 4.92. The van der Waals surface area contributed by atoms with E-state index < -0.39 is 0 Å². The van der Waals surface area contributed by atoms with Gasteiger partial charge in [0.1, 0.15) is 5.75 Å². The topological polar surface area (TPSA) is 35.2 Å². The molecule has 1 aromatic rings. The van der Waals surface area contributed by atoms with Crippen molar-refractivity contribution in [3.63, 3.8) is 0 Å². The number of nitrogens with two attached hydrogens (primary N) is 1. The molecule has 0 amide bonds. The van der Waals surface area contributed by atoms with Crippen molar-refractivity contribution >= 4 is 35.2 Å². The first kappa shape index (κ1) is 9.82. The quantitative estimate of drug-likeness (QED) is 0.467. The van der Waals surface area contributed by atoms with Gasteiger partial charge in [-0.3, -0.25) is 0 Å². The van der Waals surface area contributed by atoms with Gasteiger partial charge in [-0.25, -0.2) is 0 Å². The van der Waals surface area contributed by atoms with E-state index >= 15 is 0 Å². The molecule has 0 aliphatic carbocycles. The van der Waals surface area contributed by atoms with Crippen molar-refractivity contribution in [2.24, 2.45) is 0 Å². The summed E-state index contributed by atoms with van der Waals surface area (Å²) in [6.45, 7) is 0. The summed E-state index contributed by atoms with van der Waals surface area (Å²) in [5.74, 6) is 0.734. The van der Waals surface area contributed by atoms with Gasteiger partial charge in [-0.15, -0.1) is 0 Å². The summed E-state index contributed by atoms with van der Waals surface area (Å²) in [6.07, 6.45) is 0. The number of rotatable bonds is 1. The number of anilines is 1. The van der Waals surface area contributed by atoms with Crippen LogP contribution >= 0.6 is 0 Å². The zero-order valence-electron chi connectivity index (χ0n) is 5.29. The number of hydrogen-bond donors (Lipinski definition) is 1. The molecule has 10 heavy (non-hydrogen) atoms. The van der Waals surface area contributed by atoms with Crippen molar-refractivity contribution in [3.8, 4) is 5.75 Å². The molecule has 0 spiro atoms. The monoisotopic (exact) mass is 147 g/mol. The Balaban J connectivity index is 0.000000810. The third-order valence-corrected chi connectivity index (χ3v) is 1.14. The Morgan fingerprint density at radius 1 is 1.30 bits per heavy atom. The molecule has 0 fully saturated rings. The summed E-state index contributed by atoms with van der Waals surface area (Å²) in [5, 5.41) is 0. The third kappa shape index (κ3) is 2.21. The molecule has 0 heterocycles. The molecular weight excluding hydrogens is 137 g/mol. The van der Waals surface area contributed by atoms with Crippen LogP contribution in [0.2, 0.25) is 0 Å². The molecule has 2 N–H and O–H groups in total. The summed E-state index contributed by atoms with van der Waals surface area (Å²) in [6, 6.07) is 7.39. The van der Waals surface area contributed by atoms with Gasteiger partial charge >= 0.3 is 29.6 Å². The molecule has 0 unspecified atom stereocenters. The van der Waals surface area contributed by atoms with Crippen molar-refractivity contribution in [2.45, 2.75) is 0 Å². The van der Waals surface area contributed by atoms with E-state index in [-0.39, 0.29) is 29.6 Å². The van der Waals surface area contributed by atoms with Gasteiger partial charge in [0.05, 0.1) is 12.8 Å². The van der Waals surface area contributed by atoms with Gasteiger partial charge < -0.3 is 10.5 Å². The van der Waals surface area contributed by atoms with Gasteiger partial charge in [0, 0.05) is 0 Å². The third-order valence-electron chi connectivity index (χ3n) is 1.14. The van der Waals surface area contributed by atoms with Gasteiger partial charge in [-0.05, 0) is 12.1 Å². The zero-order valence-corrected chi connectivity index (χ0v) is 5.29. The van der Waals surface area contributed by atoms with E-state index in [4.69, 9.17) is 10.5 Å². The Morgan fingerprint density at radius 2 is 1.90 bits per heavy atom. The van der Waals surface area contributed by atoms with Crippen molar-refractivity contribution in [1.82, 2.24) is 0 Å². The summed E-state index contributed by atoms with van der Waals surface area (Å²) in [5.41, 5.74) is 6.19. The standard InChI is InChI=1S/C7H9NO.Na.H/c1-9-7-5-3-2-4-6(7)8;;/h2-5H,8H2,1H3;;. The second kappa shape index (κ2) is 4.61. The summed E-state index contributed by atoms with van der Waals surface area (Å²) in [7, 11) is 1.60. The van der Waals surface area contributed by atoms with E-state index in [0.717, 1.165) is 5.75 Å². The first-order valence-electron chi connectivity index (χ1n) is 2.73. The van der Waals surface area contributed by atoms with Gasteiger partial charge in [0.25, 0.3) is 0 Å². The van der Waals surface area contributed by atoms with Crippen molar-refractivity contribution in [1.29, 1.82) is 0 Å². The van der Waals surface area contributed by atoms with Crippen LogP contribution < -0.4 is 10.5 Å². The van der Waals surface area contributed by atoms with E-state index in [2.05, 4.69) is 0 Å². The number of methoxy groups -OCH3 is 1. The van der Waals surface area contributed by atoms with Crippen LogP contribution in [0.4, 0.5) is 5.69 Å². The first-order valence-corrected chi connectivity index (χ1v) is 2.73. The second-order valence-electron chi connectivity index (χ2n) is 1.74. The van der Waals surface area contributed by atoms with E-state index in [9.17, 15) is 0 Å². The molecule has 0 radical (unpaired) electrons. The van der Waals surface area contributed by atoms with Gasteiger partial charge in [0.2, 0.25) is 0 Å². The van der Waals surface area contributed by atoms with Gasteiger partial charge in [0.15, 0.2) is 0 Å². The van der Waals surface area contributed by atoms with Crippen LogP contribution in [0.3, 0.4) is 0 Å². The average Bonchev–Trinajstić information content (AvgIpc) is 1.89. The van der Waals surface area contributed by atoms with Crippen LogP contribution in [0, 0.1) is 0 Å². The molecule has 0 aliphatic heterocycles. The molecule has 1 aromatic carbocycles. The van der Waals surface area contributed by atoms with Gasteiger partial charge in [-0.1, -0.05) is 12.1 Å². The van der Waals surface area contributed by atoms with E-state index in [1.165, 1.54) is 0 Å². The predicted octanol–water partition coefficient (Wildman–Crippen LogP) is 0.629. The summed E-state index contributed by atoms with van der Waals surface area (Å²) >= 11 is 0. The fraction of sp³-hybridized carbons (Fsp3) is 0.143. The minimum atomic E-state index is 0. The molecule has 0 saturated heterocycles. The van der Waals surface area contributed by atoms with Crippen LogP contribution in [-0.2, 0) is 0 Å². The maximum absolute atomic E-state index is 5.51. The Hall–Kier alpha value is -0.180. The van der Waals surface area contributed by atoms with Crippen LogP contribution in [0.5, 0.6) is 5.75 Å². The van der Waals surface area contributed by atoms with Crippen molar-refractivity contribution < 1.29 is 4.74 Å². The average molecular weight is 147 g/mol. The SMILES string of the molecule is COc1ccccc1N.[NaH]. The molecule has 0 saturated carbocycles. The number of para-hydroxylation sites is 2. The Bertz CT molecular complexity index is 203. The van der Waals surface area contributed by atoms with E-state index in [1.807, 2.05) is 18.2 Å². The number of benzene rings is 1. The molecule has 0 atom stereocenters. The second-order valence-corrected chi connectivity index (χ2v) is 1.74. The number of ether oxygens (including phenoxy) is 1. The maximum atomic E-state index is 5.51. The molecule has 50 valence electrons. The van der Waals surface area contributed by atoms with Crippen LogP contribution in [-0.4, -0.2) is 36.7 Å². The Kier molecular flexibility index (Phi) is 4.52. The molecule has 0 bridgehead atoms. The first-order chi connectivity index (χ1) is 4.34. The number of nitrogen functional groups attached to an aromatic ring is 1. The normalized spacial score (nSPS) is 8.10. The van der Waals surface area contributed by atoms with E-state index in [1.54, 1.807) is 13.2 Å². The molecule has 3 heteroatoms. The minimum absolute atomic E-state index is 0. The number of hydrogen-bond acceptors (Lipinski definition) is 2. The molecule has 2 nitrogen and oxygen atoms in total. The Labute approximate surface area is 82.7 Å². The van der Waals surface area contributed by atoms with Gasteiger partial charge in [-0.2, -0.15) is 0 Å². The molecule has 0 aromatic heterocycles. The predicted molar refractivity (Wildman–Crippen MR) is 44.6 cm³/mol. The van der Waals surface area contributed by atoms with E-state index in [0.29, 0.717) is 5.69 Å². The van der Waals surface area contributed by atoms with Crippen LogP contribution in [0.25, 0.3) is 0 Å². The molecule has 0 aliphatic rings. The van der Waals surface area contributed by atoms with Crippen molar-refractivity contribution in [3.05, 3.63) is 24.3 Å². The fourth-order valence-electron chi connectivity index (χ4n) is 0.666. The van der Waals surface area contributed by atoms with Crippen LogP contribution in [0.1, 0.15) is 0 Å². The molecular formula is C7H10NNaO. The Morgan fingerprint density at radius 3 is 2.30 bits per heavy atom. The zero-order chi connectivity index (χ0) is 6.69. The fourth-order valence-corrected chi connectivity index (χ4v) is 0.666. The summed E-state index contributed by atoms with van der Waals surface area (Å²) in [4.78, 5) is 0.